The molecule has 0 spiro atoms. The second kappa shape index (κ2) is 13.7. The van der Waals surface area contributed by atoms with E-state index in [-0.39, 0.29) is 36.7 Å². The predicted octanol–water partition coefficient (Wildman–Crippen LogP) is 1.67. The topological polar surface area (TPSA) is 171 Å². The molecule has 1 aliphatic carbocycles. The Hall–Kier alpha value is -3.25. The molecule has 3 rings (SSSR count). The summed E-state index contributed by atoms with van der Waals surface area (Å²) in [5, 5.41) is 21.7. The highest BCUT2D eigenvalue weighted by atomic mass is 16.6. The molecule has 4 atom stereocenters. The smallest absolute Gasteiger partial charge is 0.408 e. The van der Waals surface area contributed by atoms with Crippen molar-refractivity contribution in [1.82, 2.24) is 41.5 Å². The summed E-state index contributed by atoms with van der Waals surface area (Å²) in [6, 6.07) is -1.50. The van der Waals surface area contributed by atoms with Gasteiger partial charge in [0.2, 0.25) is 17.7 Å². The molecule has 13 nitrogen and oxygen atoms in total. The van der Waals surface area contributed by atoms with E-state index < -0.39 is 29.7 Å². The van der Waals surface area contributed by atoms with Gasteiger partial charge in [0.25, 0.3) is 0 Å². The van der Waals surface area contributed by atoms with Gasteiger partial charge in [-0.2, -0.15) is 5.21 Å². The number of H-pyrrole nitrogens is 1. The predicted molar refractivity (Wildman–Crippen MR) is 142 cm³/mol. The third kappa shape index (κ3) is 8.89. The number of likely N-dealkylation sites (tertiary alicyclic amines) is 1. The van der Waals surface area contributed by atoms with E-state index in [1.54, 1.807) is 25.7 Å². The number of carbonyl (C=O) groups is 4. The summed E-state index contributed by atoms with van der Waals surface area (Å²) in [6.07, 6.45) is 6.30. The van der Waals surface area contributed by atoms with Crippen LogP contribution in [-0.4, -0.2) is 80.1 Å². The summed E-state index contributed by atoms with van der Waals surface area (Å²) >= 11 is 0. The minimum Gasteiger partial charge on any atom is -0.444 e. The van der Waals surface area contributed by atoms with Gasteiger partial charge in [0.15, 0.2) is 5.82 Å². The number of amides is 4. The molecular weight excluding hydrogens is 504 g/mol. The number of nitrogens with zero attached hydrogens (tertiary/aromatic N) is 4. The van der Waals surface area contributed by atoms with Crippen molar-refractivity contribution in [3.05, 3.63) is 5.82 Å². The van der Waals surface area contributed by atoms with Gasteiger partial charge in [-0.25, -0.2) is 4.79 Å². The van der Waals surface area contributed by atoms with E-state index in [1.165, 1.54) is 19.3 Å². The minimum absolute atomic E-state index is 0.103. The number of aromatic nitrogens is 4. The Bertz CT molecular complexity index is 973. The number of hydrogen-bond donors (Lipinski definition) is 4. The molecule has 1 saturated carbocycles. The number of rotatable bonds is 10. The number of hydrogen-bond acceptors (Lipinski definition) is 8. The summed E-state index contributed by atoms with van der Waals surface area (Å²) in [7, 11) is 0. The van der Waals surface area contributed by atoms with Gasteiger partial charge < -0.3 is 25.6 Å². The van der Waals surface area contributed by atoms with Crippen LogP contribution in [0.2, 0.25) is 0 Å². The van der Waals surface area contributed by atoms with Crippen molar-refractivity contribution in [3.8, 4) is 0 Å². The molecule has 13 heteroatoms. The highest BCUT2D eigenvalue weighted by Crippen LogP contribution is 2.37. The highest BCUT2D eigenvalue weighted by molar-refractivity contribution is 5.92. The van der Waals surface area contributed by atoms with Crippen LogP contribution >= 0.6 is 0 Å². The van der Waals surface area contributed by atoms with E-state index in [9.17, 15) is 19.2 Å². The van der Waals surface area contributed by atoms with Gasteiger partial charge in [-0.15, -0.1) is 10.2 Å². The van der Waals surface area contributed by atoms with E-state index in [0.717, 1.165) is 12.8 Å². The molecule has 4 amide bonds. The summed E-state index contributed by atoms with van der Waals surface area (Å²) in [4.78, 5) is 53.5. The normalized spacial score (nSPS) is 21.6. The van der Waals surface area contributed by atoms with Crippen molar-refractivity contribution in [2.75, 3.05) is 13.1 Å². The Morgan fingerprint density at radius 1 is 1.10 bits per heavy atom. The van der Waals surface area contributed by atoms with Gasteiger partial charge >= 0.3 is 6.09 Å². The molecule has 2 fully saturated rings. The molecule has 4 N–H and O–H groups in total. The van der Waals surface area contributed by atoms with E-state index in [2.05, 4.69) is 36.6 Å². The number of carbonyl (C=O) groups excluding carboxylic acids is 4. The lowest BCUT2D eigenvalue weighted by Crippen LogP contribution is -2.54. The van der Waals surface area contributed by atoms with Crippen LogP contribution in [0, 0.1) is 17.8 Å². The molecule has 0 aromatic carbocycles. The van der Waals surface area contributed by atoms with Crippen LogP contribution in [0.3, 0.4) is 0 Å². The molecular formula is C26H44N8O5. The van der Waals surface area contributed by atoms with Gasteiger partial charge in [-0.3, -0.25) is 14.4 Å². The Kier molecular flexibility index (Phi) is 10.6. The Morgan fingerprint density at radius 2 is 1.82 bits per heavy atom. The van der Waals surface area contributed by atoms with Crippen LogP contribution in [0.1, 0.15) is 85.4 Å². The first-order valence-corrected chi connectivity index (χ1v) is 14.0. The summed E-state index contributed by atoms with van der Waals surface area (Å²) < 4.78 is 5.32. The molecule has 0 bridgehead atoms. The lowest BCUT2D eigenvalue weighted by atomic mass is 9.79. The van der Waals surface area contributed by atoms with Crippen LogP contribution < -0.4 is 16.0 Å². The lowest BCUT2D eigenvalue weighted by Gasteiger charge is -2.28. The van der Waals surface area contributed by atoms with E-state index in [1.807, 2.05) is 13.8 Å². The van der Waals surface area contributed by atoms with E-state index in [0.29, 0.717) is 31.1 Å². The standard InChI is InChI=1S/C26H44N8O5/c1-6-16(2)22(29-25(38)39-26(3,4)5)24(37)28-14-21(35)34-15-18(17-10-8-7-9-11-17)12-19(34)23(36)27-13-20-30-32-33-31-20/h16-19,22H,6-15H2,1-5H3,(H,27,36)(H,28,37)(H,29,38)(H,30,31,32,33)/t16-,18+,19-,22-/m0/s1. The van der Waals surface area contributed by atoms with Crippen LogP contribution in [0.5, 0.6) is 0 Å². The number of aromatic amines is 1. The van der Waals surface area contributed by atoms with Crippen molar-refractivity contribution in [3.63, 3.8) is 0 Å². The molecule has 1 aliphatic heterocycles. The summed E-state index contributed by atoms with van der Waals surface area (Å²) in [5.41, 5.74) is -0.708. The first-order valence-electron chi connectivity index (χ1n) is 14.0. The zero-order chi connectivity index (χ0) is 28.6. The number of ether oxygens (including phenoxy) is 1. The first kappa shape index (κ1) is 30.3. The van der Waals surface area contributed by atoms with Gasteiger partial charge in [-0.05, 0) is 44.9 Å². The number of nitrogens with one attached hydrogen (secondary N) is 4. The zero-order valence-corrected chi connectivity index (χ0v) is 23.8. The van der Waals surface area contributed by atoms with E-state index >= 15 is 0 Å². The second-order valence-corrected chi connectivity index (χ2v) is 11.7. The molecule has 2 heterocycles. The van der Waals surface area contributed by atoms with Crippen molar-refractivity contribution in [2.45, 2.75) is 104 Å². The molecule has 218 valence electrons. The third-order valence-electron chi connectivity index (χ3n) is 7.66. The van der Waals surface area contributed by atoms with Gasteiger partial charge in [0.1, 0.15) is 17.7 Å². The zero-order valence-electron chi connectivity index (χ0n) is 23.8. The van der Waals surface area contributed by atoms with Crippen molar-refractivity contribution in [1.29, 1.82) is 0 Å². The van der Waals surface area contributed by atoms with Gasteiger partial charge in [0, 0.05) is 6.54 Å². The maximum atomic E-state index is 13.4. The number of alkyl carbamates (subject to hydrolysis) is 1. The summed E-state index contributed by atoms with van der Waals surface area (Å²) in [6.45, 7) is 9.31. The van der Waals surface area contributed by atoms with Crippen molar-refractivity contribution >= 4 is 23.8 Å². The fourth-order valence-corrected chi connectivity index (χ4v) is 5.39. The molecule has 0 radical (unpaired) electrons. The molecule has 2 aliphatic rings. The van der Waals surface area contributed by atoms with Crippen molar-refractivity contribution in [2.24, 2.45) is 17.8 Å². The quantitative estimate of drug-likeness (QED) is 0.342. The van der Waals surface area contributed by atoms with Crippen molar-refractivity contribution < 1.29 is 23.9 Å². The maximum absolute atomic E-state index is 13.4. The first-order chi connectivity index (χ1) is 18.5. The maximum Gasteiger partial charge on any atom is 0.408 e. The molecule has 39 heavy (non-hydrogen) atoms. The van der Waals surface area contributed by atoms with Gasteiger partial charge in [-0.1, -0.05) is 57.6 Å². The average Bonchev–Trinajstić information content (AvgIpc) is 3.58. The minimum atomic E-state index is -0.861. The van der Waals surface area contributed by atoms with Gasteiger partial charge in [0.05, 0.1) is 13.1 Å². The second-order valence-electron chi connectivity index (χ2n) is 11.7. The van der Waals surface area contributed by atoms with Crippen LogP contribution in [-0.2, 0) is 25.7 Å². The largest absolute Gasteiger partial charge is 0.444 e. The van der Waals surface area contributed by atoms with Crippen LogP contribution in [0.15, 0.2) is 0 Å². The summed E-state index contributed by atoms with van der Waals surface area (Å²) in [5.74, 6) is -0.199. The Morgan fingerprint density at radius 3 is 2.44 bits per heavy atom. The fourth-order valence-electron chi connectivity index (χ4n) is 5.39. The lowest BCUT2D eigenvalue weighted by molar-refractivity contribution is -0.139. The fraction of sp³-hybridized carbons (Fsp3) is 0.808. The van der Waals surface area contributed by atoms with Crippen LogP contribution in [0.25, 0.3) is 0 Å². The molecule has 1 aromatic rings. The SMILES string of the molecule is CC[C@H](C)[C@H](NC(=O)OC(C)(C)C)C(=O)NCC(=O)N1C[C@H](C2CCCCC2)C[C@H]1C(=O)NCc1nn[nH]n1. The number of tetrazole rings is 1. The highest BCUT2D eigenvalue weighted by Gasteiger charge is 2.42. The van der Waals surface area contributed by atoms with Crippen LogP contribution in [0.4, 0.5) is 4.79 Å². The van der Waals surface area contributed by atoms with E-state index in [4.69, 9.17) is 4.74 Å². The monoisotopic (exact) mass is 548 g/mol. The molecule has 0 unspecified atom stereocenters. The average molecular weight is 549 g/mol. The Balaban J connectivity index is 1.64. The molecule has 1 saturated heterocycles. The third-order valence-corrected chi connectivity index (χ3v) is 7.66. The Labute approximate surface area is 229 Å². The molecule has 1 aromatic heterocycles.